The fraction of sp³-hybridized carbons (Fsp3) is 0.917. The monoisotopic (exact) mass is 228 g/mol. The van der Waals surface area contributed by atoms with E-state index in [4.69, 9.17) is 4.74 Å². The number of urea groups is 1. The number of carbonyl (C=O) groups is 1. The fourth-order valence-electron chi connectivity index (χ4n) is 1.94. The Kier molecular flexibility index (Phi) is 6.23. The van der Waals surface area contributed by atoms with Crippen LogP contribution in [0.1, 0.15) is 46.0 Å². The Hall–Kier alpha value is -0.770. The van der Waals surface area contributed by atoms with Gasteiger partial charge in [-0.15, -0.1) is 0 Å². The summed E-state index contributed by atoms with van der Waals surface area (Å²) < 4.78 is 5.50. The van der Waals surface area contributed by atoms with E-state index in [1.807, 2.05) is 4.90 Å². The predicted octanol–water partition coefficient (Wildman–Crippen LogP) is 2.34. The lowest BCUT2D eigenvalue weighted by atomic mass is 10.2. The zero-order chi connectivity index (χ0) is 11.8. The molecule has 1 aliphatic rings. The molecule has 1 heterocycles. The molecular formula is C12H24N2O2. The van der Waals surface area contributed by atoms with E-state index in [-0.39, 0.29) is 12.3 Å². The first-order chi connectivity index (χ1) is 7.77. The molecule has 0 radical (unpaired) electrons. The molecule has 0 aliphatic carbocycles. The Labute approximate surface area is 98.3 Å². The van der Waals surface area contributed by atoms with Gasteiger partial charge in [-0.25, -0.2) is 4.79 Å². The van der Waals surface area contributed by atoms with Gasteiger partial charge in [-0.3, -0.25) is 0 Å². The average Bonchev–Trinajstić information content (AvgIpc) is 2.30. The van der Waals surface area contributed by atoms with Crippen LogP contribution in [-0.2, 0) is 4.74 Å². The highest BCUT2D eigenvalue weighted by atomic mass is 16.5. The summed E-state index contributed by atoms with van der Waals surface area (Å²) in [6, 6.07) is 0.0237. The summed E-state index contributed by atoms with van der Waals surface area (Å²) in [7, 11) is 0. The van der Waals surface area contributed by atoms with E-state index in [2.05, 4.69) is 19.2 Å². The van der Waals surface area contributed by atoms with Gasteiger partial charge in [0.15, 0.2) is 0 Å². The van der Waals surface area contributed by atoms with Crippen LogP contribution in [0.25, 0.3) is 0 Å². The number of amides is 2. The van der Waals surface area contributed by atoms with Gasteiger partial charge in [0, 0.05) is 19.7 Å². The van der Waals surface area contributed by atoms with Crippen molar-refractivity contribution in [1.82, 2.24) is 10.2 Å². The molecule has 1 aliphatic heterocycles. The second-order valence-corrected chi connectivity index (χ2v) is 4.29. The van der Waals surface area contributed by atoms with Crippen LogP contribution >= 0.6 is 0 Å². The van der Waals surface area contributed by atoms with Gasteiger partial charge in [-0.2, -0.15) is 0 Å². The molecule has 4 nitrogen and oxygen atoms in total. The van der Waals surface area contributed by atoms with Gasteiger partial charge < -0.3 is 15.0 Å². The average molecular weight is 228 g/mol. The van der Waals surface area contributed by atoms with Crippen LogP contribution in [0.3, 0.4) is 0 Å². The minimum Gasteiger partial charge on any atom is -0.358 e. The summed E-state index contributed by atoms with van der Waals surface area (Å²) in [6.07, 6.45) is 5.12. The van der Waals surface area contributed by atoms with Gasteiger partial charge in [0.2, 0.25) is 0 Å². The minimum atomic E-state index is -0.0718. The SMILES string of the molecule is CCCN(CCC)C(=O)NC1CCCCO1. The number of nitrogens with one attached hydrogen (secondary N) is 1. The topological polar surface area (TPSA) is 41.6 Å². The molecular weight excluding hydrogens is 204 g/mol. The van der Waals surface area contributed by atoms with Gasteiger partial charge in [0.25, 0.3) is 0 Å². The molecule has 0 bridgehead atoms. The minimum absolute atomic E-state index is 0.0237. The highest BCUT2D eigenvalue weighted by Crippen LogP contribution is 2.10. The number of carbonyl (C=O) groups excluding carboxylic acids is 1. The maximum absolute atomic E-state index is 11.9. The van der Waals surface area contributed by atoms with Crippen LogP contribution in [0.4, 0.5) is 4.79 Å². The van der Waals surface area contributed by atoms with Gasteiger partial charge >= 0.3 is 6.03 Å². The molecule has 0 aromatic heterocycles. The van der Waals surface area contributed by atoms with E-state index < -0.39 is 0 Å². The molecule has 1 N–H and O–H groups in total. The van der Waals surface area contributed by atoms with E-state index in [1.165, 1.54) is 0 Å². The third-order valence-corrected chi connectivity index (χ3v) is 2.74. The quantitative estimate of drug-likeness (QED) is 0.784. The van der Waals surface area contributed by atoms with E-state index in [1.54, 1.807) is 0 Å². The molecule has 4 heteroatoms. The van der Waals surface area contributed by atoms with Crippen LogP contribution in [-0.4, -0.2) is 36.9 Å². The summed E-state index contributed by atoms with van der Waals surface area (Å²) in [5.74, 6) is 0. The second kappa shape index (κ2) is 7.49. The van der Waals surface area contributed by atoms with E-state index >= 15 is 0 Å². The number of rotatable bonds is 5. The van der Waals surface area contributed by atoms with E-state index in [0.29, 0.717) is 0 Å². The van der Waals surface area contributed by atoms with Crippen LogP contribution in [0.15, 0.2) is 0 Å². The first-order valence-corrected chi connectivity index (χ1v) is 6.45. The van der Waals surface area contributed by atoms with E-state index in [0.717, 1.165) is 51.8 Å². The van der Waals surface area contributed by atoms with Crippen molar-refractivity contribution in [2.75, 3.05) is 19.7 Å². The highest BCUT2D eigenvalue weighted by Gasteiger charge is 2.19. The molecule has 1 saturated heterocycles. The van der Waals surface area contributed by atoms with Crippen LogP contribution < -0.4 is 5.32 Å². The lowest BCUT2D eigenvalue weighted by Crippen LogP contribution is -2.47. The van der Waals surface area contributed by atoms with Crippen LogP contribution in [0.5, 0.6) is 0 Å². The van der Waals surface area contributed by atoms with Crippen molar-refractivity contribution >= 4 is 6.03 Å². The number of hydrogen-bond donors (Lipinski definition) is 1. The standard InChI is InChI=1S/C12H24N2O2/c1-3-8-14(9-4-2)12(15)13-11-7-5-6-10-16-11/h11H,3-10H2,1-2H3,(H,13,15). The highest BCUT2D eigenvalue weighted by molar-refractivity contribution is 5.74. The Bertz CT molecular complexity index is 197. The number of ether oxygens (including phenoxy) is 1. The van der Waals surface area contributed by atoms with E-state index in [9.17, 15) is 4.79 Å². The number of hydrogen-bond acceptors (Lipinski definition) is 2. The molecule has 2 amide bonds. The summed E-state index contributed by atoms with van der Waals surface area (Å²) >= 11 is 0. The molecule has 0 spiro atoms. The zero-order valence-corrected chi connectivity index (χ0v) is 10.5. The lowest BCUT2D eigenvalue weighted by Gasteiger charge is -2.28. The largest absolute Gasteiger partial charge is 0.358 e. The third-order valence-electron chi connectivity index (χ3n) is 2.74. The van der Waals surface area contributed by atoms with Crippen LogP contribution in [0.2, 0.25) is 0 Å². The first kappa shape index (κ1) is 13.3. The zero-order valence-electron chi connectivity index (χ0n) is 10.5. The Morgan fingerprint density at radius 2 is 2.00 bits per heavy atom. The number of nitrogens with zero attached hydrogens (tertiary/aromatic N) is 1. The van der Waals surface area contributed by atoms with Crippen molar-refractivity contribution in [2.24, 2.45) is 0 Å². The van der Waals surface area contributed by atoms with Gasteiger partial charge in [-0.1, -0.05) is 13.8 Å². The smallest absolute Gasteiger partial charge is 0.319 e. The molecule has 1 unspecified atom stereocenters. The lowest BCUT2D eigenvalue weighted by molar-refractivity contribution is -0.000655. The van der Waals surface area contributed by atoms with Crippen LogP contribution in [0, 0.1) is 0 Å². The molecule has 0 aromatic rings. The molecule has 1 atom stereocenters. The normalized spacial score (nSPS) is 20.5. The molecule has 0 saturated carbocycles. The van der Waals surface area contributed by atoms with Crippen molar-refractivity contribution in [3.63, 3.8) is 0 Å². The summed E-state index contributed by atoms with van der Waals surface area (Å²) in [5, 5.41) is 2.95. The van der Waals surface area contributed by atoms with Crippen molar-refractivity contribution in [1.29, 1.82) is 0 Å². The first-order valence-electron chi connectivity index (χ1n) is 6.45. The second-order valence-electron chi connectivity index (χ2n) is 4.29. The van der Waals surface area contributed by atoms with Crippen molar-refractivity contribution in [2.45, 2.75) is 52.2 Å². The molecule has 0 aromatic carbocycles. The molecule has 1 fully saturated rings. The Morgan fingerprint density at radius 1 is 1.31 bits per heavy atom. The van der Waals surface area contributed by atoms with Crippen molar-refractivity contribution in [3.05, 3.63) is 0 Å². The molecule has 16 heavy (non-hydrogen) atoms. The summed E-state index contributed by atoms with van der Waals surface area (Å²) in [6.45, 7) is 6.60. The van der Waals surface area contributed by atoms with Crippen molar-refractivity contribution in [3.8, 4) is 0 Å². The maximum Gasteiger partial charge on any atom is 0.319 e. The van der Waals surface area contributed by atoms with Gasteiger partial charge in [0.05, 0.1) is 0 Å². The Morgan fingerprint density at radius 3 is 2.50 bits per heavy atom. The predicted molar refractivity (Wildman–Crippen MR) is 64.3 cm³/mol. The third kappa shape index (κ3) is 4.39. The summed E-state index contributed by atoms with van der Waals surface area (Å²) in [4.78, 5) is 13.8. The fourth-order valence-corrected chi connectivity index (χ4v) is 1.94. The van der Waals surface area contributed by atoms with Crippen molar-refractivity contribution < 1.29 is 9.53 Å². The molecule has 94 valence electrons. The maximum atomic E-state index is 11.9. The van der Waals surface area contributed by atoms with Gasteiger partial charge in [0.1, 0.15) is 6.23 Å². The summed E-state index contributed by atoms with van der Waals surface area (Å²) in [5.41, 5.74) is 0. The van der Waals surface area contributed by atoms with Gasteiger partial charge in [-0.05, 0) is 32.1 Å². The Balaban J connectivity index is 2.34. The molecule has 1 rings (SSSR count).